The molecule has 2 aromatic rings. The molecule has 1 aliphatic rings. The average molecular weight is 309 g/mol. The van der Waals surface area contributed by atoms with Gasteiger partial charge in [-0.1, -0.05) is 44.2 Å². The lowest BCUT2D eigenvalue weighted by Crippen LogP contribution is -2.48. The van der Waals surface area contributed by atoms with E-state index in [0.29, 0.717) is 6.04 Å². The van der Waals surface area contributed by atoms with Gasteiger partial charge in [-0.25, -0.2) is 0 Å². The Morgan fingerprint density at radius 1 is 0.870 bits per heavy atom. The molecule has 3 rings (SSSR count). The summed E-state index contributed by atoms with van der Waals surface area (Å²) in [4.78, 5) is 5.14. The van der Waals surface area contributed by atoms with Gasteiger partial charge in [0.2, 0.25) is 0 Å². The monoisotopic (exact) mass is 309 g/mol. The molecule has 1 unspecified atom stereocenters. The number of benzene rings is 2. The molecule has 1 aliphatic heterocycles. The molecule has 0 spiro atoms. The highest BCUT2D eigenvalue weighted by Gasteiger charge is 2.26. The van der Waals surface area contributed by atoms with Crippen molar-refractivity contribution in [1.82, 2.24) is 9.80 Å². The molecule has 122 valence electrons. The third-order valence-corrected chi connectivity index (χ3v) is 4.79. The highest BCUT2D eigenvalue weighted by atomic mass is 15.3. The maximum absolute atomic E-state index is 3.46. The number of nitrogens with one attached hydrogen (secondary N) is 1. The SMILES string of the molecule is CCN1CCN(CC)C(c2ccc(Nc3ccccc3)cc2)C1. The summed E-state index contributed by atoms with van der Waals surface area (Å²) in [7, 11) is 0. The van der Waals surface area contributed by atoms with E-state index in [2.05, 4.69) is 77.5 Å². The number of hydrogen-bond acceptors (Lipinski definition) is 3. The number of piperazine rings is 1. The third kappa shape index (κ3) is 3.92. The number of likely N-dealkylation sites (N-methyl/N-ethyl adjacent to an activating group) is 2. The van der Waals surface area contributed by atoms with Gasteiger partial charge in [0.15, 0.2) is 0 Å². The molecule has 1 fully saturated rings. The Kier molecular flexibility index (Phi) is 5.31. The van der Waals surface area contributed by atoms with Crippen LogP contribution >= 0.6 is 0 Å². The number of para-hydroxylation sites is 1. The van der Waals surface area contributed by atoms with E-state index < -0.39 is 0 Å². The van der Waals surface area contributed by atoms with Gasteiger partial charge in [0.1, 0.15) is 0 Å². The quantitative estimate of drug-likeness (QED) is 0.896. The van der Waals surface area contributed by atoms with E-state index in [1.54, 1.807) is 0 Å². The number of nitrogens with zero attached hydrogens (tertiary/aromatic N) is 2. The minimum atomic E-state index is 0.513. The molecular weight excluding hydrogens is 282 g/mol. The molecule has 1 N–H and O–H groups in total. The summed E-state index contributed by atoms with van der Waals surface area (Å²) in [5, 5.41) is 3.46. The highest BCUT2D eigenvalue weighted by Crippen LogP contribution is 2.27. The molecule has 1 saturated heterocycles. The molecule has 0 aliphatic carbocycles. The molecule has 23 heavy (non-hydrogen) atoms. The Bertz CT molecular complexity index is 594. The van der Waals surface area contributed by atoms with Gasteiger partial charge in [-0.3, -0.25) is 4.90 Å². The van der Waals surface area contributed by atoms with Crippen LogP contribution in [0.4, 0.5) is 11.4 Å². The fourth-order valence-electron chi connectivity index (χ4n) is 3.34. The normalized spacial score (nSPS) is 19.7. The fourth-order valence-corrected chi connectivity index (χ4v) is 3.34. The summed E-state index contributed by atoms with van der Waals surface area (Å²) in [5.41, 5.74) is 3.69. The van der Waals surface area contributed by atoms with E-state index in [1.807, 2.05) is 6.07 Å². The molecule has 0 radical (unpaired) electrons. The third-order valence-electron chi connectivity index (χ3n) is 4.79. The second-order valence-corrected chi connectivity index (χ2v) is 6.15. The van der Waals surface area contributed by atoms with E-state index in [9.17, 15) is 0 Å². The van der Waals surface area contributed by atoms with Crippen LogP contribution in [0.5, 0.6) is 0 Å². The second-order valence-electron chi connectivity index (χ2n) is 6.15. The van der Waals surface area contributed by atoms with Gasteiger partial charge in [-0.2, -0.15) is 0 Å². The van der Waals surface area contributed by atoms with Gasteiger partial charge < -0.3 is 10.2 Å². The van der Waals surface area contributed by atoms with Crippen LogP contribution in [-0.2, 0) is 0 Å². The molecule has 0 saturated carbocycles. The molecule has 0 aromatic heterocycles. The van der Waals surface area contributed by atoms with Gasteiger partial charge in [0.05, 0.1) is 0 Å². The van der Waals surface area contributed by atoms with Crippen molar-refractivity contribution in [2.75, 3.05) is 38.0 Å². The van der Waals surface area contributed by atoms with Crippen LogP contribution < -0.4 is 5.32 Å². The smallest absolute Gasteiger partial charge is 0.0475 e. The maximum Gasteiger partial charge on any atom is 0.0475 e. The predicted molar refractivity (Wildman–Crippen MR) is 98.3 cm³/mol. The lowest BCUT2D eigenvalue weighted by Gasteiger charge is -2.41. The van der Waals surface area contributed by atoms with Gasteiger partial charge in [0, 0.05) is 37.1 Å². The molecular formula is C20H27N3. The van der Waals surface area contributed by atoms with Crippen molar-refractivity contribution in [3.63, 3.8) is 0 Å². The van der Waals surface area contributed by atoms with Gasteiger partial charge in [0.25, 0.3) is 0 Å². The number of hydrogen-bond donors (Lipinski definition) is 1. The molecule has 1 heterocycles. The van der Waals surface area contributed by atoms with Gasteiger partial charge in [-0.05, 0) is 42.9 Å². The summed E-state index contributed by atoms with van der Waals surface area (Å²) in [6, 6.07) is 19.8. The zero-order chi connectivity index (χ0) is 16.1. The van der Waals surface area contributed by atoms with Crippen molar-refractivity contribution in [1.29, 1.82) is 0 Å². The zero-order valence-corrected chi connectivity index (χ0v) is 14.2. The summed E-state index contributed by atoms with van der Waals surface area (Å²) in [5.74, 6) is 0. The van der Waals surface area contributed by atoms with Crippen LogP contribution in [0.3, 0.4) is 0 Å². The van der Waals surface area contributed by atoms with Crippen molar-refractivity contribution >= 4 is 11.4 Å². The Labute approximate surface area is 139 Å². The van der Waals surface area contributed by atoms with Crippen molar-refractivity contribution in [3.8, 4) is 0 Å². The maximum atomic E-state index is 3.46. The summed E-state index contributed by atoms with van der Waals surface area (Å²) in [6.45, 7) is 10.3. The first-order valence-corrected chi connectivity index (χ1v) is 8.68. The first-order chi connectivity index (χ1) is 11.3. The van der Waals surface area contributed by atoms with Gasteiger partial charge in [-0.15, -0.1) is 0 Å². The Morgan fingerprint density at radius 3 is 2.22 bits per heavy atom. The van der Waals surface area contributed by atoms with Gasteiger partial charge >= 0.3 is 0 Å². The van der Waals surface area contributed by atoms with Crippen molar-refractivity contribution in [2.45, 2.75) is 19.9 Å². The largest absolute Gasteiger partial charge is 0.356 e. The van der Waals surface area contributed by atoms with Crippen LogP contribution in [0, 0.1) is 0 Å². The minimum absolute atomic E-state index is 0.513. The second kappa shape index (κ2) is 7.62. The summed E-state index contributed by atoms with van der Waals surface area (Å²) in [6.07, 6.45) is 0. The Balaban J connectivity index is 1.72. The first-order valence-electron chi connectivity index (χ1n) is 8.68. The first kappa shape index (κ1) is 16.0. The van der Waals surface area contributed by atoms with Crippen LogP contribution in [-0.4, -0.2) is 42.5 Å². The van der Waals surface area contributed by atoms with E-state index in [1.165, 1.54) is 18.7 Å². The molecule has 2 aromatic carbocycles. The number of anilines is 2. The molecule has 1 atom stereocenters. The Morgan fingerprint density at radius 2 is 1.57 bits per heavy atom. The molecule has 0 bridgehead atoms. The average Bonchev–Trinajstić information content (AvgIpc) is 2.62. The van der Waals surface area contributed by atoms with Crippen LogP contribution in [0.25, 0.3) is 0 Å². The van der Waals surface area contributed by atoms with Crippen molar-refractivity contribution in [2.24, 2.45) is 0 Å². The minimum Gasteiger partial charge on any atom is -0.356 e. The lowest BCUT2D eigenvalue weighted by atomic mass is 10.0. The van der Waals surface area contributed by atoms with Crippen LogP contribution in [0.1, 0.15) is 25.5 Å². The zero-order valence-electron chi connectivity index (χ0n) is 14.2. The topological polar surface area (TPSA) is 18.5 Å². The van der Waals surface area contributed by atoms with E-state index in [0.717, 1.165) is 31.0 Å². The number of rotatable bonds is 5. The summed E-state index contributed by atoms with van der Waals surface area (Å²) < 4.78 is 0. The van der Waals surface area contributed by atoms with Crippen molar-refractivity contribution in [3.05, 3.63) is 60.2 Å². The Hall–Kier alpha value is -1.84. The molecule has 3 heteroatoms. The fraction of sp³-hybridized carbons (Fsp3) is 0.400. The van der Waals surface area contributed by atoms with E-state index in [-0.39, 0.29) is 0 Å². The summed E-state index contributed by atoms with van der Waals surface area (Å²) >= 11 is 0. The predicted octanol–water partition coefficient (Wildman–Crippen LogP) is 4.13. The molecule has 3 nitrogen and oxygen atoms in total. The van der Waals surface area contributed by atoms with E-state index >= 15 is 0 Å². The highest BCUT2D eigenvalue weighted by molar-refractivity contribution is 5.59. The van der Waals surface area contributed by atoms with E-state index in [4.69, 9.17) is 0 Å². The lowest BCUT2D eigenvalue weighted by molar-refractivity contribution is 0.0820. The molecule has 0 amide bonds. The van der Waals surface area contributed by atoms with Crippen molar-refractivity contribution < 1.29 is 0 Å². The van der Waals surface area contributed by atoms with Crippen LogP contribution in [0.2, 0.25) is 0 Å². The van der Waals surface area contributed by atoms with Crippen LogP contribution in [0.15, 0.2) is 54.6 Å². The standard InChI is InChI=1S/C20H27N3/c1-3-22-14-15-23(4-2)20(16-22)17-10-12-19(13-11-17)21-18-8-6-5-7-9-18/h5-13,20-21H,3-4,14-16H2,1-2H3.